The van der Waals surface area contributed by atoms with Gasteiger partial charge >= 0.3 is 11.9 Å². The van der Waals surface area contributed by atoms with Gasteiger partial charge in [0.25, 0.3) is 0 Å². The van der Waals surface area contributed by atoms with Crippen molar-refractivity contribution in [2.45, 2.75) is 30.3 Å². The van der Waals surface area contributed by atoms with Crippen molar-refractivity contribution in [3.8, 4) is 5.75 Å². The Morgan fingerprint density at radius 3 is 2.06 bits per heavy atom. The fourth-order valence-electron chi connectivity index (χ4n) is 4.65. The summed E-state index contributed by atoms with van der Waals surface area (Å²) in [6.07, 6.45) is 4.71. The summed E-state index contributed by atoms with van der Waals surface area (Å²) in [5.41, 5.74) is 2.67. The molecule has 0 radical (unpaired) electrons. The van der Waals surface area contributed by atoms with Crippen LogP contribution in [0.4, 0.5) is 5.69 Å². The highest BCUT2D eigenvalue weighted by Crippen LogP contribution is 2.29. The topological polar surface area (TPSA) is 93.5 Å². The maximum absolute atomic E-state index is 9.10. The Bertz CT molecular complexity index is 944. The molecule has 0 amide bonds. The van der Waals surface area contributed by atoms with Crippen molar-refractivity contribution in [1.82, 2.24) is 9.80 Å². The standard InChI is InChI=1S/C24H33N3OS.C2H2O4/c1-28-24-6-4-3-5-23(24)27-17-15-26(16-18-27)21-11-13-25(14-12-21)19-20-7-9-22(29-2)10-8-20;3-1(4)2(5)6/h3-10,21H,11-19H2,1-2H3;(H,3,4)(H,5,6). The van der Waals surface area contributed by atoms with E-state index in [1.54, 1.807) is 7.11 Å². The number of carboxylic acid groups (broad SMARTS) is 2. The number of piperazine rings is 1. The minimum Gasteiger partial charge on any atom is -0.495 e. The number of para-hydroxylation sites is 2. The van der Waals surface area contributed by atoms with E-state index in [-0.39, 0.29) is 0 Å². The maximum atomic E-state index is 9.10. The Morgan fingerprint density at radius 2 is 1.51 bits per heavy atom. The summed E-state index contributed by atoms with van der Waals surface area (Å²) in [5, 5.41) is 14.8. The molecule has 0 saturated carbocycles. The van der Waals surface area contributed by atoms with Gasteiger partial charge in [0.15, 0.2) is 0 Å². The molecule has 2 N–H and O–H groups in total. The molecule has 0 aliphatic carbocycles. The lowest BCUT2D eigenvalue weighted by molar-refractivity contribution is -0.159. The predicted molar refractivity (Wildman–Crippen MR) is 139 cm³/mol. The van der Waals surface area contributed by atoms with Crippen molar-refractivity contribution in [3.05, 3.63) is 54.1 Å². The Balaban J connectivity index is 0.000000509. The third kappa shape index (κ3) is 7.88. The molecule has 0 aromatic heterocycles. The molecule has 4 rings (SSSR count). The van der Waals surface area contributed by atoms with Gasteiger partial charge < -0.3 is 19.8 Å². The molecule has 0 atom stereocenters. The fraction of sp³-hybridized carbons (Fsp3) is 0.462. The number of aliphatic carboxylic acids is 2. The highest BCUT2D eigenvalue weighted by atomic mass is 32.2. The van der Waals surface area contributed by atoms with Crippen LogP contribution in [0.25, 0.3) is 0 Å². The van der Waals surface area contributed by atoms with Gasteiger partial charge in [0.05, 0.1) is 12.8 Å². The molecule has 2 fully saturated rings. The second kappa shape index (κ2) is 13.4. The molecular formula is C26H35N3O5S. The molecule has 2 aliphatic rings. The fourth-order valence-corrected chi connectivity index (χ4v) is 5.06. The van der Waals surface area contributed by atoms with E-state index in [1.165, 1.54) is 42.1 Å². The molecule has 0 unspecified atom stereocenters. The van der Waals surface area contributed by atoms with Crippen molar-refractivity contribution in [2.24, 2.45) is 0 Å². The van der Waals surface area contributed by atoms with Crippen LogP contribution in [0.1, 0.15) is 18.4 Å². The minimum absolute atomic E-state index is 0.741. The first-order chi connectivity index (χ1) is 16.9. The van der Waals surface area contributed by atoms with Gasteiger partial charge in [-0.25, -0.2) is 9.59 Å². The summed E-state index contributed by atoms with van der Waals surface area (Å²) in [4.78, 5) is 27.4. The van der Waals surface area contributed by atoms with Crippen molar-refractivity contribution in [1.29, 1.82) is 0 Å². The van der Waals surface area contributed by atoms with E-state index in [0.717, 1.165) is 44.5 Å². The third-order valence-electron chi connectivity index (χ3n) is 6.56. The Hall–Kier alpha value is -2.75. The van der Waals surface area contributed by atoms with E-state index in [4.69, 9.17) is 24.5 Å². The van der Waals surface area contributed by atoms with Crippen molar-refractivity contribution < 1.29 is 24.5 Å². The molecule has 190 valence electrons. The summed E-state index contributed by atoms with van der Waals surface area (Å²) in [5.74, 6) is -2.66. The van der Waals surface area contributed by atoms with Gasteiger partial charge in [-0.15, -0.1) is 11.8 Å². The summed E-state index contributed by atoms with van der Waals surface area (Å²) >= 11 is 1.81. The average Bonchev–Trinajstić information content (AvgIpc) is 2.90. The van der Waals surface area contributed by atoms with Crippen LogP contribution in [0.2, 0.25) is 0 Å². The monoisotopic (exact) mass is 501 g/mol. The SMILES string of the molecule is COc1ccccc1N1CCN(C2CCN(Cc3ccc(SC)cc3)CC2)CC1.O=C(O)C(=O)O. The molecule has 8 nitrogen and oxygen atoms in total. The van der Waals surface area contributed by atoms with Gasteiger partial charge in [-0.05, 0) is 62.0 Å². The summed E-state index contributed by atoms with van der Waals surface area (Å²) in [7, 11) is 1.76. The second-order valence-electron chi connectivity index (χ2n) is 8.66. The molecule has 2 heterocycles. The largest absolute Gasteiger partial charge is 0.495 e. The molecule has 2 saturated heterocycles. The highest BCUT2D eigenvalue weighted by molar-refractivity contribution is 7.98. The molecule has 2 aromatic rings. The van der Waals surface area contributed by atoms with Crippen molar-refractivity contribution >= 4 is 29.4 Å². The van der Waals surface area contributed by atoms with Gasteiger partial charge in [0.2, 0.25) is 0 Å². The number of ether oxygens (including phenoxy) is 1. The number of nitrogens with zero attached hydrogens (tertiary/aromatic N) is 3. The number of benzene rings is 2. The second-order valence-corrected chi connectivity index (χ2v) is 9.54. The van der Waals surface area contributed by atoms with Crippen LogP contribution in [0.5, 0.6) is 5.75 Å². The number of piperidine rings is 1. The van der Waals surface area contributed by atoms with Crippen LogP contribution in [0, 0.1) is 0 Å². The minimum atomic E-state index is -1.82. The summed E-state index contributed by atoms with van der Waals surface area (Å²) in [6.45, 7) is 7.98. The van der Waals surface area contributed by atoms with E-state index in [0.29, 0.717) is 0 Å². The smallest absolute Gasteiger partial charge is 0.414 e. The number of methoxy groups -OCH3 is 1. The lowest BCUT2D eigenvalue weighted by Gasteiger charge is -2.43. The van der Waals surface area contributed by atoms with E-state index in [2.05, 4.69) is 63.4 Å². The Kier molecular flexibility index (Phi) is 10.3. The van der Waals surface area contributed by atoms with Gasteiger partial charge in [0.1, 0.15) is 5.75 Å². The van der Waals surface area contributed by atoms with Crippen LogP contribution in [-0.2, 0) is 16.1 Å². The Morgan fingerprint density at radius 1 is 0.914 bits per heavy atom. The van der Waals surface area contributed by atoms with Crippen LogP contribution < -0.4 is 9.64 Å². The van der Waals surface area contributed by atoms with E-state index in [1.807, 2.05) is 17.8 Å². The van der Waals surface area contributed by atoms with Gasteiger partial charge in [0, 0.05) is 43.7 Å². The zero-order chi connectivity index (χ0) is 25.2. The maximum Gasteiger partial charge on any atom is 0.414 e. The number of likely N-dealkylation sites (tertiary alicyclic amines) is 1. The van der Waals surface area contributed by atoms with Crippen molar-refractivity contribution in [3.63, 3.8) is 0 Å². The van der Waals surface area contributed by atoms with Crippen molar-refractivity contribution in [2.75, 3.05) is 57.5 Å². The first-order valence-electron chi connectivity index (χ1n) is 11.8. The number of anilines is 1. The van der Waals surface area contributed by atoms with Gasteiger partial charge in [-0.2, -0.15) is 0 Å². The lowest BCUT2D eigenvalue weighted by atomic mass is 10.0. The lowest BCUT2D eigenvalue weighted by Crippen LogP contribution is -2.53. The molecule has 0 bridgehead atoms. The molecular weight excluding hydrogens is 466 g/mol. The predicted octanol–water partition coefficient (Wildman–Crippen LogP) is 3.36. The van der Waals surface area contributed by atoms with E-state index < -0.39 is 11.9 Å². The molecule has 35 heavy (non-hydrogen) atoms. The van der Waals surface area contributed by atoms with E-state index in [9.17, 15) is 0 Å². The molecule has 9 heteroatoms. The van der Waals surface area contributed by atoms with Crippen LogP contribution in [-0.4, -0.2) is 90.6 Å². The first-order valence-corrected chi connectivity index (χ1v) is 13.1. The number of hydrogen-bond acceptors (Lipinski definition) is 7. The van der Waals surface area contributed by atoms with Crippen LogP contribution >= 0.6 is 11.8 Å². The normalized spacial score (nSPS) is 17.4. The highest BCUT2D eigenvalue weighted by Gasteiger charge is 2.28. The molecule has 2 aromatic carbocycles. The first kappa shape index (κ1) is 26.8. The van der Waals surface area contributed by atoms with Gasteiger partial charge in [-0.1, -0.05) is 24.3 Å². The summed E-state index contributed by atoms with van der Waals surface area (Å²) in [6, 6.07) is 18.2. The molecule has 0 spiro atoms. The Labute approximate surface area is 211 Å². The van der Waals surface area contributed by atoms with E-state index >= 15 is 0 Å². The number of rotatable bonds is 6. The zero-order valence-corrected chi connectivity index (χ0v) is 21.2. The molecule has 2 aliphatic heterocycles. The quantitative estimate of drug-likeness (QED) is 0.456. The van der Waals surface area contributed by atoms with Crippen LogP contribution in [0.15, 0.2) is 53.4 Å². The average molecular weight is 502 g/mol. The number of carboxylic acids is 2. The zero-order valence-electron chi connectivity index (χ0n) is 20.4. The number of carbonyl (C=O) groups is 2. The van der Waals surface area contributed by atoms with Crippen LogP contribution in [0.3, 0.4) is 0 Å². The number of thioether (sulfide) groups is 1. The van der Waals surface area contributed by atoms with Gasteiger partial charge in [-0.3, -0.25) is 9.80 Å². The summed E-state index contributed by atoms with van der Waals surface area (Å²) < 4.78 is 5.55. The third-order valence-corrected chi connectivity index (χ3v) is 7.31. The number of hydrogen-bond donors (Lipinski definition) is 2.